The number of aromatic nitrogens is 1. The first-order valence-electron chi connectivity index (χ1n) is 21.1. The third-order valence-corrected chi connectivity index (χ3v) is 15.9. The molecule has 1 unspecified atom stereocenters. The maximum absolute atomic E-state index is 15.0. The van der Waals surface area contributed by atoms with Gasteiger partial charge in [0.05, 0.1) is 18.4 Å². The minimum Gasteiger partial charge on any atom is -0.497 e. The Labute approximate surface area is 346 Å². The van der Waals surface area contributed by atoms with Gasteiger partial charge < -0.3 is 34.6 Å². The lowest BCUT2D eigenvalue weighted by Crippen LogP contribution is -2.59. The standard InChI is InChI=1S/C43H58N6O9S/c1-24-9-7-8-10-29-22-43(29,40(52)47-59(54,55)42(3)13-14-42)46-37(50)34-21-32(57-38-33-12-11-30(56-6)19-28(33)20-35(44-38)48(4)5)23-49(34)39(51)36(25(2)15-24)45-41(53)58-31-17-26-16-27(26)18-31/h8,10-12,19-20,24-27,29,31-32,34,36H,7,9,13-18,21-23H2,1-6H3,(H,45,53)(H,46,50)(H,47,52)/b10-8-/t24-,25-,26-,27+,29-,31?,32-,34+,36+,43-/m1/s1. The number of anilines is 1. The Bertz CT molecular complexity index is 2150. The molecule has 3 heterocycles. The molecular weight excluding hydrogens is 777 g/mol. The Morgan fingerprint density at radius 2 is 1.76 bits per heavy atom. The fourth-order valence-corrected chi connectivity index (χ4v) is 10.8. The number of amides is 4. The molecular formula is C43H58N6O9S. The summed E-state index contributed by atoms with van der Waals surface area (Å²) < 4.78 is 45.8. The lowest BCUT2D eigenvalue weighted by atomic mass is 9.88. The summed E-state index contributed by atoms with van der Waals surface area (Å²) in [6.45, 7) is 5.62. The molecule has 0 spiro atoms. The molecule has 4 amide bonds. The smallest absolute Gasteiger partial charge is 0.408 e. The van der Waals surface area contributed by atoms with Crippen molar-refractivity contribution in [1.29, 1.82) is 0 Å². The van der Waals surface area contributed by atoms with Crippen molar-refractivity contribution in [3.63, 3.8) is 0 Å². The Kier molecular flexibility index (Phi) is 10.8. The van der Waals surface area contributed by atoms with Crippen LogP contribution in [0.5, 0.6) is 11.6 Å². The van der Waals surface area contributed by atoms with E-state index in [1.807, 2.05) is 62.3 Å². The largest absolute Gasteiger partial charge is 0.497 e. The molecule has 10 atom stereocenters. The summed E-state index contributed by atoms with van der Waals surface area (Å²) in [4.78, 5) is 65.3. The number of pyridine rings is 1. The van der Waals surface area contributed by atoms with Gasteiger partial charge in [-0.1, -0.05) is 26.0 Å². The number of fused-ring (bicyclic) bond motifs is 4. The van der Waals surface area contributed by atoms with Crippen molar-refractivity contribution in [3.05, 3.63) is 36.4 Å². The van der Waals surface area contributed by atoms with Crippen LogP contribution in [0.3, 0.4) is 0 Å². The zero-order valence-corrected chi connectivity index (χ0v) is 35.7. The number of carbonyl (C=O) groups excluding carboxylic acids is 4. The zero-order valence-electron chi connectivity index (χ0n) is 34.9. The molecule has 8 rings (SSSR count). The summed E-state index contributed by atoms with van der Waals surface area (Å²) >= 11 is 0. The van der Waals surface area contributed by atoms with Gasteiger partial charge in [-0.25, -0.2) is 13.2 Å². The van der Waals surface area contributed by atoms with E-state index in [0.717, 1.165) is 24.6 Å². The van der Waals surface area contributed by atoms with Crippen LogP contribution in [-0.4, -0.2) is 104 Å². The predicted molar refractivity (Wildman–Crippen MR) is 220 cm³/mol. The van der Waals surface area contributed by atoms with E-state index in [0.29, 0.717) is 60.4 Å². The predicted octanol–water partition coefficient (Wildman–Crippen LogP) is 4.44. The molecule has 4 saturated carbocycles. The molecule has 2 aromatic rings. The number of nitrogens with zero attached hydrogens (tertiary/aromatic N) is 3. The summed E-state index contributed by atoms with van der Waals surface area (Å²) in [6.07, 6.45) is 8.34. The zero-order chi connectivity index (χ0) is 42.0. The molecule has 4 aliphatic carbocycles. The lowest BCUT2D eigenvalue weighted by molar-refractivity contribution is -0.142. The summed E-state index contributed by atoms with van der Waals surface area (Å²) in [7, 11) is 1.32. The highest BCUT2D eigenvalue weighted by Gasteiger charge is 2.63. The van der Waals surface area contributed by atoms with E-state index in [4.69, 9.17) is 19.2 Å². The third kappa shape index (κ3) is 8.30. The summed E-state index contributed by atoms with van der Waals surface area (Å²) in [5.74, 6) is 0.326. The number of sulfonamides is 1. The van der Waals surface area contributed by atoms with Crippen molar-refractivity contribution in [1.82, 2.24) is 25.2 Å². The molecule has 320 valence electrons. The number of alkyl carbamates (subject to hydrolysis) is 1. The van der Waals surface area contributed by atoms with Gasteiger partial charge in [0.2, 0.25) is 27.7 Å². The van der Waals surface area contributed by atoms with Gasteiger partial charge in [-0.15, -0.1) is 0 Å². The summed E-state index contributed by atoms with van der Waals surface area (Å²) in [5, 5.41) is 7.39. The SMILES string of the molecule is COc1ccc2c(O[C@@H]3C[C@H]4C(=O)N[C@]5(C(=O)NS(=O)(=O)C6(C)CC6)C[C@H]5/C=C\CC[C@@H](C)C[C@@H](C)[C@H](NC(=O)OC5C[C@@H]6C[C@@H]6C5)C(=O)N4C3)nc(N(C)C)cc2c1. The van der Waals surface area contributed by atoms with E-state index in [-0.39, 0.29) is 37.3 Å². The molecule has 59 heavy (non-hydrogen) atoms. The number of carbonyl (C=O) groups is 4. The fraction of sp³-hybridized carbons (Fsp3) is 0.651. The van der Waals surface area contributed by atoms with Crippen molar-refractivity contribution >= 4 is 50.4 Å². The molecule has 6 aliphatic rings. The van der Waals surface area contributed by atoms with Gasteiger partial charge >= 0.3 is 6.09 Å². The van der Waals surface area contributed by atoms with Gasteiger partial charge in [-0.3, -0.25) is 19.1 Å². The van der Waals surface area contributed by atoms with Crippen molar-refractivity contribution in [2.45, 2.75) is 120 Å². The monoisotopic (exact) mass is 834 g/mol. The molecule has 1 aromatic heterocycles. The van der Waals surface area contributed by atoms with Gasteiger partial charge in [0.15, 0.2) is 0 Å². The number of rotatable bonds is 9. The molecule has 0 bridgehead atoms. The van der Waals surface area contributed by atoms with Crippen molar-refractivity contribution in [2.24, 2.45) is 29.6 Å². The van der Waals surface area contributed by atoms with Crippen LogP contribution >= 0.6 is 0 Å². The second-order valence-corrected chi connectivity index (χ2v) is 20.8. The fourth-order valence-electron chi connectivity index (χ4n) is 9.46. The van der Waals surface area contributed by atoms with Gasteiger partial charge in [-0.05, 0) is 118 Å². The Hall–Kier alpha value is -4.60. The minimum absolute atomic E-state index is 0.0147. The highest BCUT2D eigenvalue weighted by molar-refractivity contribution is 7.91. The second kappa shape index (κ2) is 15.5. The van der Waals surface area contributed by atoms with Crippen molar-refractivity contribution in [2.75, 3.05) is 32.6 Å². The lowest BCUT2D eigenvalue weighted by Gasteiger charge is -2.33. The first-order chi connectivity index (χ1) is 28.0. The molecule has 1 saturated heterocycles. The second-order valence-electron chi connectivity index (χ2n) is 18.6. The number of hydrogen-bond acceptors (Lipinski definition) is 11. The topological polar surface area (TPSA) is 186 Å². The number of methoxy groups -OCH3 is 1. The molecule has 3 N–H and O–H groups in total. The number of benzene rings is 1. The molecule has 2 aliphatic heterocycles. The van der Waals surface area contributed by atoms with Gasteiger partial charge in [0.1, 0.15) is 41.4 Å². The van der Waals surface area contributed by atoms with Crippen LogP contribution in [0.2, 0.25) is 0 Å². The first-order valence-corrected chi connectivity index (χ1v) is 22.6. The van der Waals surface area contributed by atoms with E-state index in [1.165, 1.54) is 11.3 Å². The Balaban J connectivity index is 1.12. The number of ether oxygens (including phenoxy) is 3. The average molecular weight is 835 g/mol. The molecule has 5 fully saturated rings. The van der Waals surface area contributed by atoms with Gasteiger partial charge in [-0.2, -0.15) is 4.98 Å². The highest BCUT2D eigenvalue weighted by Crippen LogP contribution is 2.52. The maximum Gasteiger partial charge on any atom is 0.408 e. The normalized spacial score (nSPS) is 34.1. The Morgan fingerprint density at radius 3 is 2.46 bits per heavy atom. The van der Waals surface area contributed by atoms with E-state index in [2.05, 4.69) is 22.3 Å². The Morgan fingerprint density at radius 1 is 1.02 bits per heavy atom. The first kappa shape index (κ1) is 41.1. The van der Waals surface area contributed by atoms with Crippen LogP contribution in [-0.2, 0) is 29.1 Å². The van der Waals surface area contributed by atoms with Gasteiger partial charge in [0.25, 0.3) is 5.91 Å². The summed E-state index contributed by atoms with van der Waals surface area (Å²) in [5.41, 5.74) is -1.53. The van der Waals surface area contributed by atoms with Crippen molar-refractivity contribution in [3.8, 4) is 11.6 Å². The van der Waals surface area contributed by atoms with Gasteiger partial charge in [0, 0.05) is 31.8 Å². The molecule has 0 radical (unpaired) electrons. The molecule has 15 nitrogen and oxygen atoms in total. The van der Waals surface area contributed by atoms with E-state index in [9.17, 15) is 22.8 Å². The van der Waals surface area contributed by atoms with Crippen LogP contribution in [0.25, 0.3) is 10.8 Å². The van der Waals surface area contributed by atoms with E-state index < -0.39 is 68.2 Å². The molecule has 16 heteroatoms. The number of allylic oxidation sites excluding steroid dienone is 1. The third-order valence-electron chi connectivity index (χ3n) is 13.7. The number of nitrogens with one attached hydrogen (secondary N) is 3. The average Bonchev–Trinajstić information content (AvgIpc) is 4.14. The molecule has 1 aromatic carbocycles. The maximum atomic E-state index is 15.0. The summed E-state index contributed by atoms with van der Waals surface area (Å²) in [6, 6.07) is 5.32. The number of hydrogen-bond donors (Lipinski definition) is 3. The van der Waals surface area contributed by atoms with E-state index >= 15 is 4.79 Å². The highest BCUT2D eigenvalue weighted by atomic mass is 32.2. The quantitative estimate of drug-likeness (QED) is 0.304. The van der Waals surface area contributed by atoms with Crippen LogP contribution in [0.15, 0.2) is 36.4 Å². The van der Waals surface area contributed by atoms with Crippen LogP contribution in [0.4, 0.5) is 10.6 Å². The van der Waals surface area contributed by atoms with Crippen LogP contribution < -0.4 is 29.7 Å². The minimum atomic E-state index is -4.00. The van der Waals surface area contributed by atoms with Crippen molar-refractivity contribution < 1.29 is 41.8 Å². The van der Waals surface area contributed by atoms with E-state index in [1.54, 1.807) is 14.0 Å². The van der Waals surface area contributed by atoms with Crippen LogP contribution in [0, 0.1) is 29.6 Å². The van der Waals surface area contributed by atoms with Crippen LogP contribution in [0.1, 0.15) is 85.0 Å².